The molecule has 1 atom stereocenters. The molecule has 2 heterocycles. The molecule has 2 nitrogen and oxygen atoms in total. The molecule has 0 saturated carbocycles. The van der Waals surface area contributed by atoms with Gasteiger partial charge in [0.1, 0.15) is 5.76 Å². The molecule has 1 N–H and O–H groups in total. The maximum atomic E-state index is 5.46. The molecule has 2 rings (SSSR count). The fourth-order valence-corrected chi connectivity index (χ4v) is 3.02. The Morgan fingerprint density at radius 3 is 2.78 bits per heavy atom. The summed E-state index contributed by atoms with van der Waals surface area (Å²) < 4.78 is 5.46. The predicted octanol–water partition coefficient (Wildman–Crippen LogP) is 4.19. The Bertz CT molecular complexity index is 447. The maximum absolute atomic E-state index is 5.46. The quantitative estimate of drug-likeness (QED) is 0.810. The van der Waals surface area contributed by atoms with Crippen LogP contribution in [-0.4, -0.2) is 6.54 Å². The smallest absolute Gasteiger partial charge is 0.105 e. The summed E-state index contributed by atoms with van der Waals surface area (Å²) in [5.74, 6) is 1.05. The molecule has 0 aliphatic carbocycles. The summed E-state index contributed by atoms with van der Waals surface area (Å²) in [5.41, 5.74) is 0. The molecule has 0 aliphatic heterocycles. The third-order valence-corrected chi connectivity index (χ3v) is 4.34. The molecule has 0 fully saturated rings. The third kappa shape index (κ3) is 3.47. The van der Waals surface area contributed by atoms with Gasteiger partial charge < -0.3 is 9.73 Å². The molecule has 0 spiro atoms. The fourth-order valence-electron chi connectivity index (χ4n) is 1.99. The summed E-state index contributed by atoms with van der Waals surface area (Å²) in [5, 5.41) is 3.61. The Hall–Kier alpha value is -1.06. The Kier molecular flexibility index (Phi) is 5.02. The molecule has 0 aliphatic rings. The monoisotopic (exact) mass is 263 g/mol. The highest BCUT2D eigenvalue weighted by atomic mass is 32.1. The minimum atomic E-state index is 0.376. The van der Waals surface area contributed by atoms with Crippen molar-refractivity contribution in [3.05, 3.63) is 46.0 Å². The van der Waals surface area contributed by atoms with Gasteiger partial charge >= 0.3 is 0 Å². The Labute approximate surface area is 113 Å². The van der Waals surface area contributed by atoms with E-state index in [1.807, 2.05) is 17.4 Å². The van der Waals surface area contributed by atoms with Crippen molar-refractivity contribution in [2.24, 2.45) is 0 Å². The maximum Gasteiger partial charge on any atom is 0.105 e. The molecule has 18 heavy (non-hydrogen) atoms. The van der Waals surface area contributed by atoms with Crippen molar-refractivity contribution < 1.29 is 4.42 Å². The van der Waals surface area contributed by atoms with Gasteiger partial charge in [-0.15, -0.1) is 11.3 Å². The number of aryl methyl sites for hydroxylation is 1. The molecule has 0 radical (unpaired) electrons. The normalized spacial score (nSPS) is 12.8. The standard InChI is InChI=1S/C15H21NOS/c1-3-9-16-14(11-12-6-5-10-17-12)15-8-7-13(4-2)18-15/h5-8,10,14,16H,3-4,9,11H2,1-2H3. The second-order valence-electron chi connectivity index (χ2n) is 4.45. The summed E-state index contributed by atoms with van der Waals surface area (Å²) in [4.78, 5) is 2.87. The van der Waals surface area contributed by atoms with Crippen LogP contribution in [0.3, 0.4) is 0 Å². The molecule has 3 heteroatoms. The van der Waals surface area contributed by atoms with Crippen molar-refractivity contribution in [3.8, 4) is 0 Å². The van der Waals surface area contributed by atoms with E-state index in [0.717, 1.165) is 31.6 Å². The lowest BCUT2D eigenvalue weighted by molar-refractivity contribution is 0.452. The molecular weight excluding hydrogens is 242 g/mol. The lowest BCUT2D eigenvalue weighted by Gasteiger charge is -2.15. The molecule has 2 aromatic heterocycles. The summed E-state index contributed by atoms with van der Waals surface area (Å²) in [6.07, 6.45) is 4.95. The molecule has 1 unspecified atom stereocenters. The van der Waals surface area contributed by atoms with Gasteiger partial charge in [-0.1, -0.05) is 13.8 Å². The summed E-state index contributed by atoms with van der Waals surface area (Å²) in [7, 11) is 0. The number of hydrogen-bond donors (Lipinski definition) is 1. The van der Waals surface area contributed by atoms with Crippen LogP contribution in [0.4, 0.5) is 0 Å². The van der Waals surface area contributed by atoms with Gasteiger partial charge in [-0.25, -0.2) is 0 Å². The van der Waals surface area contributed by atoms with Crippen LogP contribution in [0.15, 0.2) is 34.9 Å². The molecule has 0 amide bonds. The van der Waals surface area contributed by atoms with Crippen molar-refractivity contribution in [3.63, 3.8) is 0 Å². The van der Waals surface area contributed by atoms with Crippen molar-refractivity contribution >= 4 is 11.3 Å². The first-order valence-corrected chi connectivity index (χ1v) is 7.49. The molecular formula is C15H21NOS. The average Bonchev–Trinajstić information content (AvgIpc) is 3.05. The molecule has 0 aromatic carbocycles. The van der Waals surface area contributed by atoms with E-state index in [-0.39, 0.29) is 0 Å². The van der Waals surface area contributed by atoms with Crippen LogP contribution in [-0.2, 0) is 12.8 Å². The van der Waals surface area contributed by atoms with Crippen LogP contribution in [0.1, 0.15) is 41.8 Å². The van der Waals surface area contributed by atoms with Crippen LogP contribution >= 0.6 is 11.3 Å². The highest BCUT2D eigenvalue weighted by Crippen LogP contribution is 2.26. The first-order valence-electron chi connectivity index (χ1n) is 6.67. The molecule has 0 bridgehead atoms. The first-order chi connectivity index (χ1) is 8.83. The third-order valence-electron chi connectivity index (χ3n) is 3.00. The zero-order valence-corrected chi connectivity index (χ0v) is 11.9. The average molecular weight is 263 g/mol. The van der Waals surface area contributed by atoms with E-state index in [4.69, 9.17) is 4.42 Å². The van der Waals surface area contributed by atoms with Gasteiger partial charge in [0.25, 0.3) is 0 Å². The number of hydrogen-bond acceptors (Lipinski definition) is 3. The number of furan rings is 1. The van der Waals surface area contributed by atoms with Crippen molar-refractivity contribution in [2.75, 3.05) is 6.54 Å². The largest absolute Gasteiger partial charge is 0.469 e. The highest BCUT2D eigenvalue weighted by molar-refractivity contribution is 7.12. The SMILES string of the molecule is CCCNC(Cc1ccco1)c1ccc(CC)s1. The topological polar surface area (TPSA) is 25.2 Å². The Morgan fingerprint density at radius 1 is 1.28 bits per heavy atom. The zero-order valence-electron chi connectivity index (χ0n) is 11.1. The van der Waals surface area contributed by atoms with Crippen LogP contribution in [0.5, 0.6) is 0 Å². The molecule has 98 valence electrons. The van der Waals surface area contributed by atoms with Crippen LogP contribution in [0.25, 0.3) is 0 Å². The minimum absolute atomic E-state index is 0.376. The number of thiophene rings is 1. The van der Waals surface area contributed by atoms with Crippen molar-refractivity contribution in [1.82, 2.24) is 5.32 Å². The van der Waals surface area contributed by atoms with Gasteiger partial charge in [0.15, 0.2) is 0 Å². The predicted molar refractivity (Wildman–Crippen MR) is 77.1 cm³/mol. The highest BCUT2D eigenvalue weighted by Gasteiger charge is 2.15. The first kappa shape index (κ1) is 13.4. The summed E-state index contributed by atoms with van der Waals surface area (Å²) in [6, 6.07) is 8.87. The van der Waals surface area contributed by atoms with Crippen LogP contribution in [0.2, 0.25) is 0 Å². The van der Waals surface area contributed by atoms with Crippen molar-refractivity contribution in [2.45, 2.75) is 39.2 Å². The van der Waals surface area contributed by atoms with E-state index in [0.29, 0.717) is 6.04 Å². The lowest BCUT2D eigenvalue weighted by atomic mass is 10.1. The van der Waals surface area contributed by atoms with E-state index >= 15 is 0 Å². The lowest BCUT2D eigenvalue weighted by Crippen LogP contribution is -2.23. The van der Waals surface area contributed by atoms with E-state index in [9.17, 15) is 0 Å². The van der Waals surface area contributed by atoms with Crippen LogP contribution in [0, 0.1) is 0 Å². The zero-order chi connectivity index (χ0) is 12.8. The Balaban J connectivity index is 2.08. The van der Waals surface area contributed by atoms with Gasteiger partial charge in [-0.3, -0.25) is 0 Å². The Morgan fingerprint density at radius 2 is 2.17 bits per heavy atom. The second kappa shape index (κ2) is 6.76. The van der Waals surface area contributed by atoms with Crippen molar-refractivity contribution in [1.29, 1.82) is 0 Å². The molecule has 0 saturated heterocycles. The van der Waals surface area contributed by atoms with E-state index in [1.165, 1.54) is 9.75 Å². The van der Waals surface area contributed by atoms with Gasteiger partial charge in [-0.05, 0) is 43.7 Å². The van der Waals surface area contributed by atoms with E-state index < -0.39 is 0 Å². The van der Waals surface area contributed by atoms with Gasteiger partial charge in [0.2, 0.25) is 0 Å². The van der Waals surface area contributed by atoms with Gasteiger partial charge in [-0.2, -0.15) is 0 Å². The summed E-state index contributed by atoms with van der Waals surface area (Å²) in [6.45, 7) is 5.45. The van der Waals surface area contributed by atoms with Gasteiger partial charge in [0, 0.05) is 22.2 Å². The van der Waals surface area contributed by atoms with E-state index in [1.54, 1.807) is 6.26 Å². The second-order valence-corrected chi connectivity index (χ2v) is 5.65. The van der Waals surface area contributed by atoms with E-state index in [2.05, 4.69) is 37.4 Å². The number of rotatable bonds is 7. The van der Waals surface area contributed by atoms with Crippen LogP contribution < -0.4 is 5.32 Å². The minimum Gasteiger partial charge on any atom is -0.469 e. The summed E-state index contributed by atoms with van der Waals surface area (Å²) >= 11 is 1.91. The molecule has 2 aromatic rings. The number of nitrogens with one attached hydrogen (secondary N) is 1. The van der Waals surface area contributed by atoms with Gasteiger partial charge in [0.05, 0.1) is 6.26 Å². The fraction of sp³-hybridized carbons (Fsp3) is 0.467.